The summed E-state index contributed by atoms with van der Waals surface area (Å²) in [6, 6.07) is 4.11. The van der Waals surface area contributed by atoms with Crippen molar-refractivity contribution in [2.24, 2.45) is 17.6 Å². The first-order valence-electron chi connectivity index (χ1n) is 6.97. The lowest BCUT2D eigenvalue weighted by molar-refractivity contribution is -0.138. The third-order valence-corrected chi connectivity index (χ3v) is 3.83. The van der Waals surface area contributed by atoms with Crippen molar-refractivity contribution in [2.75, 3.05) is 19.6 Å². The highest BCUT2D eigenvalue weighted by Gasteiger charge is 2.32. The second-order valence-electron chi connectivity index (χ2n) is 5.03. The van der Waals surface area contributed by atoms with E-state index < -0.39 is 0 Å². The lowest BCUT2D eigenvalue weighted by atomic mass is 9.78. The molecule has 104 valence electrons. The van der Waals surface area contributed by atoms with E-state index in [-0.39, 0.29) is 17.7 Å². The summed E-state index contributed by atoms with van der Waals surface area (Å²) in [7, 11) is 0. The Morgan fingerprint density at radius 2 is 1.74 bits per heavy atom. The molecule has 19 heavy (non-hydrogen) atoms. The van der Waals surface area contributed by atoms with Crippen molar-refractivity contribution in [3.05, 3.63) is 0 Å². The predicted octanol–water partition coefficient (Wildman–Crippen LogP) is 1.41. The molecule has 1 aliphatic rings. The van der Waals surface area contributed by atoms with Gasteiger partial charge < -0.3 is 10.6 Å². The Kier molecular flexibility index (Phi) is 6.92. The Balaban J connectivity index is 2.67. The minimum Gasteiger partial charge on any atom is -0.340 e. The van der Waals surface area contributed by atoms with Crippen LogP contribution >= 0.6 is 0 Å². The van der Waals surface area contributed by atoms with E-state index in [1.165, 1.54) is 0 Å². The fourth-order valence-corrected chi connectivity index (χ4v) is 2.75. The molecule has 0 radical (unpaired) electrons. The molecule has 0 aromatic carbocycles. The number of carbonyl (C=O) groups is 1. The van der Waals surface area contributed by atoms with Gasteiger partial charge in [-0.15, -0.1) is 0 Å². The number of rotatable bonds is 6. The minimum atomic E-state index is -0.0175. The zero-order valence-electron chi connectivity index (χ0n) is 11.3. The van der Waals surface area contributed by atoms with Crippen LogP contribution < -0.4 is 5.73 Å². The summed E-state index contributed by atoms with van der Waals surface area (Å²) in [5.74, 6) is 0.324. The molecule has 5 heteroatoms. The summed E-state index contributed by atoms with van der Waals surface area (Å²) in [5, 5.41) is 17.3. The third kappa shape index (κ3) is 4.54. The SMILES string of the molecule is N#CCCN(CCC#N)C(=O)C1CCCCC1CN. The van der Waals surface area contributed by atoms with Gasteiger partial charge in [0.2, 0.25) is 5.91 Å². The van der Waals surface area contributed by atoms with Crippen molar-refractivity contribution in [1.29, 1.82) is 10.5 Å². The Morgan fingerprint density at radius 3 is 2.26 bits per heavy atom. The molecule has 2 atom stereocenters. The molecule has 0 aliphatic heterocycles. The van der Waals surface area contributed by atoms with Crippen LogP contribution in [0.3, 0.4) is 0 Å². The van der Waals surface area contributed by atoms with Crippen molar-refractivity contribution in [1.82, 2.24) is 4.90 Å². The molecular formula is C14H22N4O. The number of amides is 1. The standard InChI is InChI=1S/C14H22N4O/c15-7-3-9-18(10-4-8-16)14(19)13-6-2-1-5-12(13)11-17/h12-13H,1-6,9-11,17H2. The third-order valence-electron chi connectivity index (χ3n) is 3.83. The van der Waals surface area contributed by atoms with Crippen LogP contribution in [0.25, 0.3) is 0 Å². The molecule has 0 saturated heterocycles. The van der Waals surface area contributed by atoms with Crippen LogP contribution in [0.2, 0.25) is 0 Å². The normalized spacial score (nSPS) is 22.3. The lowest BCUT2D eigenvalue weighted by Crippen LogP contribution is -2.43. The van der Waals surface area contributed by atoms with Gasteiger partial charge >= 0.3 is 0 Å². The minimum absolute atomic E-state index is 0.0175. The van der Waals surface area contributed by atoms with Crippen LogP contribution in [0, 0.1) is 34.5 Å². The van der Waals surface area contributed by atoms with Gasteiger partial charge in [-0.2, -0.15) is 10.5 Å². The smallest absolute Gasteiger partial charge is 0.226 e. The summed E-state index contributed by atoms with van der Waals surface area (Å²) in [6.07, 6.45) is 4.74. The molecule has 1 rings (SSSR count). The van der Waals surface area contributed by atoms with Gasteiger partial charge in [0.05, 0.1) is 25.0 Å². The maximum Gasteiger partial charge on any atom is 0.226 e. The Hall–Kier alpha value is -1.59. The summed E-state index contributed by atoms with van der Waals surface area (Å²) < 4.78 is 0. The average Bonchev–Trinajstić information content (AvgIpc) is 2.46. The first-order chi connectivity index (χ1) is 9.24. The highest BCUT2D eigenvalue weighted by Crippen LogP contribution is 2.30. The van der Waals surface area contributed by atoms with Crippen molar-refractivity contribution < 1.29 is 4.79 Å². The molecule has 2 unspecified atom stereocenters. The summed E-state index contributed by atoms with van der Waals surface area (Å²) >= 11 is 0. The highest BCUT2D eigenvalue weighted by atomic mass is 16.2. The average molecular weight is 262 g/mol. The monoisotopic (exact) mass is 262 g/mol. The number of nitrogens with zero attached hydrogens (tertiary/aromatic N) is 3. The maximum absolute atomic E-state index is 12.5. The Labute approximate surface area is 115 Å². The highest BCUT2D eigenvalue weighted by molar-refractivity contribution is 5.79. The largest absolute Gasteiger partial charge is 0.340 e. The topological polar surface area (TPSA) is 93.9 Å². The van der Waals surface area contributed by atoms with E-state index in [0.29, 0.717) is 32.5 Å². The van der Waals surface area contributed by atoms with E-state index in [4.69, 9.17) is 16.3 Å². The second kappa shape index (κ2) is 8.50. The van der Waals surface area contributed by atoms with Gasteiger partial charge in [0.1, 0.15) is 0 Å². The van der Waals surface area contributed by atoms with Crippen molar-refractivity contribution >= 4 is 5.91 Å². The maximum atomic E-state index is 12.5. The van der Waals surface area contributed by atoms with Gasteiger partial charge in [0.15, 0.2) is 0 Å². The molecule has 5 nitrogen and oxygen atoms in total. The van der Waals surface area contributed by atoms with Crippen LogP contribution in [0.4, 0.5) is 0 Å². The fourth-order valence-electron chi connectivity index (χ4n) is 2.75. The second-order valence-corrected chi connectivity index (χ2v) is 5.03. The number of carbonyl (C=O) groups excluding carboxylic acids is 1. The molecular weight excluding hydrogens is 240 g/mol. The fraction of sp³-hybridized carbons (Fsp3) is 0.786. The summed E-state index contributed by atoms with van der Waals surface area (Å²) in [6.45, 7) is 1.39. The number of hydrogen-bond acceptors (Lipinski definition) is 4. The Morgan fingerprint density at radius 1 is 1.16 bits per heavy atom. The van der Waals surface area contributed by atoms with E-state index in [1.807, 2.05) is 0 Å². The summed E-state index contributed by atoms with van der Waals surface area (Å²) in [4.78, 5) is 14.2. The quantitative estimate of drug-likeness (QED) is 0.783. The van der Waals surface area contributed by atoms with E-state index in [9.17, 15) is 4.79 Å². The van der Waals surface area contributed by atoms with E-state index in [2.05, 4.69) is 12.1 Å². The summed E-state index contributed by atoms with van der Waals surface area (Å²) in [5.41, 5.74) is 5.76. The first-order valence-corrected chi connectivity index (χ1v) is 6.97. The molecule has 1 saturated carbocycles. The molecule has 0 bridgehead atoms. The van der Waals surface area contributed by atoms with Crippen molar-refractivity contribution in [3.8, 4) is 12.1 Å². The molecule has 1 fully saturated rings. The van der Waals surface area contributed by atoms with Crippen LogP contribution in [0.5, 0.6) is 0 Å². The number of nitriles is 2. The van der Waals surface area contributed by atoms with Gasteiger partial charge in [0, 0.05) is 19.0 Å². The molecule has 0 aromatic heterocycles. The lowest BCUT2D eigenvalue weighted by Gasteiger charge is -2.33. The molecule has 0 spiro atoms. The predicted molar refractivity (Wildman–Crippen MR) is 71.5 cm³/mol. The molecule has 0 heterocycles. The first kappa shape index (κ1) is 15.5. The van der Waals surface area contributed by atoms with Gasteiger partial charge in [-0.1, -0.05) is 12.8 Å². The van der Waals surface area contributed by atoms with Crippen LogP contribution in [-0.4, -0.2) is 30.4 Å². The molecule has 1 aliphatic carbocycles. The van der Waals surface area contributed by atoms with Gasteiger partial charge in [0.25, 0.3) is 0 Å². The number of nitrogens with two attached hydrogens (primary N) is 1. The van der Waals surface area contributed by atoms with E-state index in [0.717, 1.165) is 25.7 Å². The van der Waals surface area contributed by atoms with Crippen molar-refractivity contribution in [3.63, 3.8) is 0 Å². The van der Waals surface area contributed by atoms with Crippen molar-refractivity contribution in [2.45, 2.75) is 38.5 Å². The zero-order valence-corrected chi connectivity index (χ0v) is 11.3. The van der Waals surface area contributed by atoms with Gasteiger partial charge in [-0.3, -0.25) is 4.79 Å². The van der Waals surface area contributed by atoms with Crippen LogP contribution in [0.15, 0.2) is 0 Å². The van der Waals surface area contributed by atoms with Crippen LogP contribution in [0.1, 0.15) is 38.5 Å². The van der Waals surface area contributed by atoms with Gasteiger partial charge in [-0.25, -0.2) is 0 Å². The van der Waals surface area contributed by atoms with E-state index >= 15 is 0 Å². The van der Waals surface area contributed by atoms with E-state index in [1.54, 1.807) is 4.90 Å². The molecule has 1 amide bonds. The number of hydrogen-bond donors (Lipinski definition) is 1. The van der Waals surface area contributed by atoms with Crippen LogP contribution in [-0.2, 0) is 4.79 Å². The zero-order chi connectivity index (χ0) is 14.1. The Bertz CT molecular complexity index is 351. The van der Waals surface area contributed by atoms with Gasteiger partial charge in [-0.05, 0) is 25.3 Å². The molecule has 0 aromatic rings. The molecule has 2 N–H and O–H groups in total.